The van der Waals surface area contributed by atoms with E-state index in [4.69, 9.17) is 0 Å². The van der Waals surface area contributed by atoms with Crippen LogP contribution in [0.25, 0.3) is 0 Å². The molecule has 0 amide bonds. The minimum absolute atomic E-state index is 0.0137. The van der Waals surface area contributed by atoms with Crippen molar-refractivity contribution in [1.82, 2.24) is 14.9 Å². The van der Waals surface area contributed by atoms with Crippen LogP contribution in [0.1, 0.15) is 37.8 Å². The van der Waals surface area contributed by atoms with Crippen LogP contribution in [-0.4, -0.2) is 33.1 Å². The van der Waals surface area contributed by atoms with Gasteiger partial charge in [0.2, 0.25) is 5.88 Å². The maximum Gasteiger partial charge on any atom is 0.325 e. The SMILES string of the molecule is O=c1[nH]c(O)c(CC2=C(N3CCCC3)CCC2)[nH]1. The molecule has 0 aromatic carbocycles. The highest BCUT2D eigenvalue weighted by atomic mass is 16.3. The fraction of sp³-hybridized carbons (Fsp3) is 0.615. The average molecular weight is 249 g/mol. The third kappa shape index (κ3) is 2.05. The third-order valence-electron chi connectivity index (χ3n) is 3.96. The molecule has 98 valence electrons. The van der Waals surface area contributed by atoms with Gasteiger partial charge in [-0.15, -0.1) is 0 Å². The number of rotatable bonds is 3. The van der Waals surface area contributed by atoms with E-state index in [0.29, 0.717) is 12.1 Å². The predicted molar refractivity (Wildman–Crippen MR) is 68.5 cm³/mol. The molecule has 0 saturated carbocycles. The molecule has 1 fully saturated rings. The van der Waals surface area contributed by atoms with Crippen molar-refractivity contribution in [3.63, 3.8) is 0 Å². The summed E-state index contributed by atoms with van der Waals surface area (Å²) in [6.07, 6.45) is 6.64. The van der Waals surface area contributed by atoms with Gasteiger partial charge in [-0.2, -0.15) is 0 Å². The minimum atomic E-state index is -0.330. The summed E-state index contributed by atoms with van der Waals surface area (Å²) >= 11 is 0. The molecule has 1 aromatic rings. The molecular weight excluding hydrogens is 230 g/mol. The van der Waals surface area contributed by atoms with E-state index < -0.39 is 0 Å². The second kappa shape index (κ2) is 4.55. The van der Waals surface area contributed by atoms with Crippen LogP contribution in [0.4, 0.5) is 0 Å². The lowest BCUT2D eigenvalue weighted by Gasteiger charge is -2.21. The highest BCUT2D eigenvalue weighted by Crippen LogP contribution is 2.33. The Morgan fingerprint density at radius 3 is 2.56 bits per heavy atom. The summed E-state index contributed by atoms with van der Waals surface area (Å²) < 4.78 is 0. The van der Waals surface area contributed by atoms with E-state index in [1.807, 2.05) is 0 Å². The van der Waals surface area contributed by atoms with E-state index in [0.717, 1.165) is 25.9 Å². The Hall–Kier alpha value is -1.65. The number of likely N-dealkylation sites (tertiary alicyclic amines) is 1. The number of aromatic nitrogens is 2. The van der Waals surface area contributed by atoms with E-state index >= 15 is 0 Å². The molecule has 2 aliphatic rings. The number of allylic oxidation sites excluding steroid dienone is 2. The molecule has 3 rings (SSSR count). The molecule has 0 atom stereocenters. The number of imidazole rings is 1. The second-order valence-corrected chi connectivity index (χ2v) is 5.18. The normalized spacial score (nSPS) is 20.1. The third-order valence-corrected chi connectivity index (χ3v) is 3.96. The Balaban J connectivity index is 1.83. The van der Waals surface area contributed by atoms with Crippen LogP contribution in [0.15, 0.2) is 16.1 Å². The van der Waals surface area contributed by atoms with Gasteiger partial charge >= 0.3 is 5.69 Å². The maximum absolute atomic E-state index is 11.1. The molecule has 2 heterocycles. The first kappa shape index (κ1) is 11.4. The molecule has 1 aromatic heterocycles. The zero-order valence-corrected chi connectivity index (χ0v) is 10.5. The molecule has 1 aliphatic carbocycles. The number of nitrogens with one attached hydrogen (secondary N) is 2. The van der Waals surface area contributed by atoms with Gasteiger partial charge in [-0.05, 0) is 37.7 Å². The van der Waals surface area contributed by atoms with Crippen molar-refractivity contribution < 1.29 is 5.11 Å². The topological polar surface area (TPSA) is 72.1 Å². The smallest absolute Gasteiger partial charge is 0.325 e. The molecule has 0 radical (unpaired) electrons. The van der Waals surface area contributed by atoms with Crippen molar-refractivity contribution in [2.24, 2.45) is 0 Å². The van der Waals surface area contributed by atoms with Gasteiger partial charge in [0.1, 0.15) is 0 Å². The molecule has 3 N–H and O–H groups in total. The number of nitrogens with zero attached hydrogens (tertiary/aromatic N) is 1. The first-order valence-corrected chi connectivity index (χ1v) is 6.70. The van der Waals surface area contributed by atoms with Crippen molar-refractivity contribution in [2.45, 2.75) is 38.5 Å². The van der Waals surface area contributed by atoms with Crippen LogP contribution in [0.3, 0.4) is 0 Å². The van der Waals surface area contributed by atoms with Crippen LogP contribution >= 0.6 is 0 Å². The van der Waals surface area contributed by atoms with Gasteiger partial charge in [-0.1, -0.05) is 0 Å². The first-order valence-electron chi connectivity index (χ1n) is 6.70. The number of aromatic hydroxyl groups is 1. The molecule has 5 nitrogen and oxygen atoms in total. The van der Waals surface area contributed by atoms with Crippen molar-refractivity contribution in [1.29, 1.82) is 0 Å². The first-order chi connectivity index (χ1) is 8.74. The van der Waals surface area contributed by atoms with Crippen molar-refractivity contribution >= 4 is 0 Å². The van der Waals surface area contributed by atoms with Crippen LogP contribution < -0.4 is 5.69 Å². The highest BCUT2D eigenvalue weighted by Gasteiger charge is 2.23. The zero-order valence-electron chi connectivity index (χ0n) is 10.5. The quantitative estimate of drug-likeness (QED) is 0.760. The number of hydrogen-bond donors (Lipinski definition) is 3. The van der Waals surface area contributed by atoms with Crippen LogP contribution in [-0.2, 0) is 6.42 Å². The van der Waals surface area contributed by atoms with Crippen molar-refractivity contribution in [3.8, 4) is 5.88 Å². The van der Waals surface area contributed by atoms with Crippen molar-refractivity contribution in [2.75, 3.05) is 13.1 Å². The molecule has 5 heteroatoms. The molecule has 0 unspecified atom stereocenters. The van der Waals surface area contributed by atoms with Crippen LogP contribution in [0.5, 0.6) is 5.88 Å². The standard InChI is InChI=1S/C13H19N3O2/c17-12-10(14-13(18)15-12)8-9-4-3-5-11(9)16-6-1-2-7-16/h17H,1-8H2,(H2,14,15,18). The predicted octanol–water partition coefficient (Wildman–Crippen LogP) is 1.48. The van der Waals surface area contributed by atoms with Gasteiger partial charge in [0.05, 0.1) is 5.69 Å². The van der Waals surface area contributed by atoms with Gasteiger partial charge in [-0.3, -0.25) is 4.98 Å². The molecule has 1 saturated heterocycles. The summed E-state index contributed by atoms with van der Waals surface area (Å²) in [6.45, 7) is 2.32. The lowest BCUT2D eigenvalue weighted by atomic mass is 10.1. The van der Waals surface area contributed by atoms with Gasteiger partial charge in [-0.25, -0.2) is 4.79 Å². The Morgan fingerprint density at radius 1 is 1.11 bits per heavy atom. The summed E-state index contributed by atoms with van der Waals surface area (Å²) in [5.41, 5.74) is 3.12. The van der Waals surface area contributed by atoms with Crippen LogP contribution in [0.2, 0.25) is 0 Å². The highest BCUT2D eigenvalue weighted by molar-refractivity contribution is 5.28. The Morgan fingerprint density at radius 2 is 1.89 bits per heavy atom. The Bertz CT molecular complexity index is 521. The van der Waals surface area contributed by atoms with Gasteiger partial charge in [0, 0.05) is 25.2 Å². The van der Waals surface area contributed by atoms with Crippen LogP contribution in [0, 0.1) is 0 Å². The minimum Gasteiger partial charge on any atom is -0.493 e. The van der Waals surface area contributed by atoms with Gasteiger partial charge in [0.15, 0.2) is 0 Å². The van der Waals surface area contributed by atoms with E-state index in [-0.39, 0.29) is 11.6 Å². The van der Waals surface area contributed by atoms with E-state index in [1.54, 1.807) is 0 Å². The molecule has 1 aliphatic heterocycles. The van der Waals surface area contributed by atoms with Gasteiger partial charge in [0.25, 0.3) is 0 Å². The molecule has 0 bridgehead atoms. The van der Waals surface area contributed by atoms with E-state index in [1.165, 1.54) is 30.5 Å². The average Bonchev–Trinajstić information content (AvgIpc) is 3.01. The number of hydrogen-bond acceptors (Lipinski definition) is 3. The number of H-pyrrole nitrogens is 2. The maximum atomic E-state index is 11.1. The molecule has 18 heavy (non-hydrogen) atoms. The Labute approximate surface area is 106 Å². The summed E-state index contributed by atoms with van der Waals surface area (Å²) in [4.78, 5) is 18.6. The number of aromatic amines is 2. The van der Waals surface area contributed by atoms with E-state index in [9.17, 15) is 9.90 Å². The van der Waals surface area contributed by atoms with Crippen molar-refractivity contribution in [3.05, 3.63) is 27.4 Å². The fourth-order valence-corrected chi connectivity index (χ4v) is 3.10. The monoisotopic (exact) mass is 249 g/mol. The fourth-order valence-electron chi connectivity index (χ4n) is 3.10. The molecule has 0 spiro atoms. The van der Waals surface area contributed by atoms with Gasteiger partial charge < -0.3 is 15.0 Å². The molecular formula is C13H19N3O2. The summed E-state index contributed by atoms with van der Waals surface area (Å²) in [7, 11) is 0. The summed E-state index contributed by atoms with van der Waals surface area (Å²) in [5.74, 6) is -0.0137. The Kier molecular flexibility index (Phi) is 2.89. The lowest BCUT2D eigenvalue weighted by Crippen LogP contribution is -2.18. The lowest BCUT2D eigenvalue weighted by molar-refractivity contribution is 0.411. The largest absolute Gasteiger partial charge is 0.493 e. The van der Waals surface area contributed by atoms with E-state index in [2.05, 4.69) is 14.9 Å². The zero-order chi connectivity index (χ0) is 12.5. The second-order valence-electron chi connectivity index (χ2n) is 5.18. The summed E-state index contributed by atoms with van der Waals surface area (Å²) in [5, 5.41) is 9.62. The summed E-state index contributed by atoms with van der Waals surface area (Å²) in [6, 6.07) is 0.